The Morgan fingerprint density at radius 1 is 0.938 bits per heavy atom. The second-order valence-electron chi connectivity index (χ2n) is 3.80. The molecule has 2 rings (SSSR count). The van der Waals surface area contributed by atoms with Crippen molar-refractivity contribution in [1.82, 2.24) is 0 Å². The van der Waals surface area contributed by atoms with Gasteiger partial charge in [0.05, 0.1) is 5.02 Å². The van der Waals surface area contributed by atoms with Crippen molar-refractivity contribution in [1.29, 1.82) is 0 Å². The molecule has 2 aromatic rings. The second kappa shape index (κ2) is 4.94. The fraction of sp³-hybridized carbons (Fsp3) is 0.143. The summed E-state index contributed by atoms with van der Waals surface area (Å²) in [6, 6.07) is 14.4. The van der Waals surface area contributed by atoms with E-state index in [4.69, 9.17) is 11.6 Å². The minimum atomic E-state index is 0.812. The van der Waals surface area contributed by atoms with Gasteiger partial charge in [-0.05, 0) is 37.6 Å². The van der Waals surface area contributed by atoms with Crippen molar-refractivity contribution in [3.8, 4) is 0 Å². The molecule has 0 aliphatic carbocycles. The summed E-state index contributed by atoms with van der Waals surface area (Å²) in [5, 5.41) is 0.812. The van der Waals surface area contributed by atoms with E-state index >= 15 is 0 Å². The molecule has 0 aliphatic heterocycles. The first-order chi connectivity index (χ1) is 7.66. The van der Waals surface area contributed by atoms with E-state index in [1.165, 1.54) is 16.0 Å². The van der Waals surface area contributed by atoms with E-state index in [0.717, 1.165) is 9.92 Å². The van der Waals surface area contributed by atoms with Crippen LogP contribution < -0.4 is 0 Å². The van der Waals surface area contributed by atoms with E-state index in [-0.39, 0.29) is 0 Å². The molecule has 0 bridgehead atoms. The maximum absolute atomic E-state index is 6.14. The van der Waals surface area contributed by atoms with Gasteiger partial charge in [0.1, 0.15) is 0 Å². The molecule has 0 fully saturated rings. The van der Waals surface area contributed by atoms with Crippen LogP contribution in [0.3, 0.4) is 0 Å². The Morgan fingerprint density at radius 2 is 1.69 bits per heavy atom. The van der Waals surface area contributed by atoms with Crippen LogP contribution in [0.5, 0.6) is 0 Å². The molecule has 0 aromatic heterocycles. The van der Waals surface area contributed by atoms with Crippen LogP contribution in [-0.2, 0) is 0 Å². The molecule has 0 unspecified atom stereocenters. The first-order valence-corrected chi connectivity index (χ1v) is 6.36. The van der Waals surface area contributed by atoms with Crippen molar-refractivity contribution in [2.24, 2.45) is 0 Å². The topological polar surface area (TPSA) is 0 Å². The molecule has 0 radical (unpaired) electrons. The van der Waals surface area contributed by atoms with Crippen LogP contribution in [0.2, 0.25) is 5.02 Å². The number of hydrogen-bond donors (Lipinski definition) is 0. The largest absolute Gasteiger partial charge is 0.0883 e. The Kier molecular flexibility index (Phi) is 3.57. The molecule has 16 heavy (non-hydrogen) atoms. The average Bonchev–Trinajstić information content (AvgIpc) is 2.25. The summed E-state index contributed by atoms with van der Waals surface area (Å²) in [7, 11) is 0. The van der Waals surface area contributed by atoms with E-state index < -0.39 is 0 Å². The summed E-state index contributed by atoms with van der Waals surface area (Å²) in [5.74, 6) is 0. The van der Waals surface area contributed by atoms with E-state index in [0.29, 0.717) is 0 Å². The summed E-state index contributed by atoms with van der Waals surface area (Å²) in [5.41, 5.74) is 2.59. The lowest BCUT2D eigenvalue weighted by Crippen LogP contribution is -1.82. The number of aryl methyl sites for hydroxylation is 2. The highest BCUT2D eigenvalue weighted by atomic mass is 35.5. The minimum Gasteiger partial charge on any atom is -0.0883 e. The average molecular weight is 249 g/mol. The van der Waals surface area contributed by atoms with E-state index in [1.54, 1.807) is 11.8 Å². The van der Waals surface area contributed by atoms with Crippen molar-refractivity contribution in [3.63, 3.8) is 0 Å². The third kappa shape index (κ3) is 2.60. The Balaban J connectivity index is 2.31. The van der Waals surface area contributed by atoms with Gasteiger partial charge in [-0.3, -0.25) is 0 Å². The molecule has 2 aromatic carbocycles. The van der Waals surface area contributed by atoms with Gasteiger partial charge in [0.25, 0.3) is 0 Å². The van der Waals surface area contributed by atoms with Crippen LogP contribution in [0, 0.1) is 13.8 Å². The van der Waals surface area contributed by atoms with Crippen LogP contribution in [0.15, 0.2) is 52.3 Å². The third-order valence-corrected chi connectivity index (χ3v) is 4.08. The molecule has 0 saturated carbocycles. The summed E-state index contributed by atoms with van der Waals surface area (Å²) in [6.45, 7) is 4.24. The highest BCUT2D eigenvalue weighted by Gasteiger charge is 2.04. The summed E-state index contributed by atoms with van der Waals surface area (Å²) in [6.07, 6.45) is 0. The molecular weight excluding hydrogens is 236 g/mol. The smallest absolute Gasteiger partial charge is 0.0545 e. The van der Waals surface area contributed by atoms with Crippen LogP contribution in [0.25, 0.3) is 0 Å². The van der Waals surface area contributed by atoms with Crippen molar-refractivity contribution < 1.29 is 0 Å². The lowest BCUT2D eigenvalue weighted by molar-refractivity contribution is 1.26. The fourth-order valence-electron chi connectivity index (χ4n) is 1.56. The fourth-order valence-corrected chi connectivity index (χ4v) is 2.72. The molecule has 0 spiro atoms. The number of benzene rings is 2. The number of halogens is 1. The van der Waals surface area contributed by atoms with Crippen molar-refractivity contribution in [2.45, 2.75) is 23.6 Å². The number of rotatable bonds is 2. The zero-order chi connectivity index (χ0) is 11.5. The van der Waals surface area contributed by atoms with Crippen LogP contribution in [0.4, 0.5) is 0 Å². The zero-order valence-electron chi connectivity index (χ0n) is 9.33. The van der Waals surface area contributed by atoms with Gasteiger partial charge in [-0.25, -0.2) is 0 Å². The van der Waals surface area contributed by atoms with Gasteiger partial charge in [-0.2, -0.15) is 0 Å². The molecule has 0 N–H and O–H groups in total. The molecule has 0 aliphatic rings. The van der Waals surface area contributed by atoms with Gasteiger partial charge in [0.15, 0.2) is 0 Å². The first-order valence-electron chi connectivity index (χ1n) is 5.16. The van der Waals surface area contributed by atoms with Crippen molar-refractivity contribution in [3.05, 3.63) is 58.6 Å². The highest BCUT2D eigenvalue weighted by molar-refractivity contribution is 7.99. The SMILES string of the molecule is Cc1ccc(Sc2ccccc2Cl)c(C)c1. The Hall–Kier alpha value is -0.920. The van der Waals surface area contributed by atoms with Crippen molar-refractivity contribution >= 4 is 23.4 Å². The van der Waals surface area contributed by atoms with Gasteiger partial charge in [-0.15, -0.1) is 0 Å². The van der Waals surface area contributed by atoms with Gasteiger partial charge >= 0.3 is 0 Å². The van der Waals surface area contributed by atoms with Gasteiger partial charge < -0.3 is 0 Å². The molecule has 0 heterocycles. The quantitative estimate of drug-likeness (QED) is 0.712. The van der Waals surface area contributed by atoms with Gasteiger partial charge in [-0.1, -0.05) is 53.2 Å². The normalized spacial score (nSPS) is 10.4. The minimum absolute atomic E-state index is 0.812. The Morgan fingerprint density at radius 3 is 2.38 bits per heavy atom. The Labute approximate surface area is 106 Å². The Bertz CT molecular complexity index is 506. The molecule has 82 valence electrons. The molecule has 0 atom stereocenters. The predicted octanol–water partition coefficient (Wildman–Crippen LogP) is 5.11. The second-order valence-corrected chi connectivity index (χ2v) is 5.29. The van der Waals surface area contributed by atoms with Gasteiger partial charge in [0, 0.05) is 9.79 Å². The molecule has 2 heteroatoms. The highest BCUT2D eigenvalue weighted by Crippen LogP contribution is 2.34. The number of hydrogen-bond acceptors (Lipinski definition) is 1. The predicted molar refractivity (Wildman–Crippen MR) is 71.5 cm³/mol. The monoisotopic (exact) mass is 248 g/mol. The molecule has 0 nitrogen and oxygen atoms in total. The standard InChI is InChI=1S/C14H13ClS/c1-10-7-8-13(11(2)9-10)16-14-6-4-3-5-12(14)15/h3-9H,1-2H3. The van der Waals surface area contributed by atoms with Crippen LogP contribution in [0.1, 0.15) is 11.1 Å². The zero-order valence-corrected chi connectivity index (χ0v) is 10.9. The lowest BCUT2D eigenvalue weighted by atomic mass is 10.2. The van der Waals surface area contributed by atoms with E-state index in [1.807, 2.05) is 24.3 Å². The molecule has 0 amide bonds. The first kappa shape index (κ1) is 11.6. The molecular formula is C14H13ClS. The summed E-state index contributed by atoms with van der Waals surface area (Å²) >= 11 is 7.85. The molecule has 0 saturated heterocycles. The van der Waals surface area contributed by atoms with E-state index in [2.05, 4.69) is 32.0 Å². The summed E-state index contributed by atoms with van der Waals surface area (Å²) < 4.78 is 0. The van der Waals surface area contributed by atoms with Crippen molar-refractivity contribution in [2.75, 3.05) is 0 Å². The maximum Gasteiger partial charge on any atom is 0.0545 e. The summed E-state index contributed by atoms with van der Waals surface area (Å²) in [4.78, 5) is 2.37. The van der Waals surface area contributed by atoms with Gasteiger partial charge in [0.2, 0.25) is 0 Å². The lowest BCUT2D eigenvalue weighted by Gasteiger charge is -2.07. The third-order valence-electron chi connectivity index (χ3n) is 2.39. The van der Waals surface area contributed by atoms with E-state index in [9.17, 15) is 0 Å². The van der Waals surface area contributed by atoms with Crippen LogP contribution in [-0.4, -0.2) is 0 Å². The van der Waals surface area contributed by atoms with Crippen LogP contribution >= 0.6 is 23.4 Å². The maximum atomic E-state index is 6.14.